The van der Waals surface area contributed by atoms with Crippen molar-refractivity contribution in [3.63, 3.8) is 0 Å². The first-order chi connectivity index (χ1) is 16.8. The molecule has 0 spiro atoms. The Hall–Kier alpha value is -2.81. The van der Waals surface area contributed by atoms with E-state index in [-0.39, 0.29) is 15.7 Å². The molecule has 194 valence electrons. The van der Waals surface area contributed by atoms with E-state index in [4.69, 9.17) is 27.9 Å². The number of ether oxygens (including phenoxy) is 1. The Labute approximate surface area is 214 Å². The molecule has 1 fully saturated rings. The lowest BCUT2D eigenvalue weighted by atomic mass is 10.2. The minimum absolute atomic E-state index is 0.0717. The van der Waals surface area contributed by atoms with E-state index >= 15 is 0 Å². The third-order valence-corrected chi connectivity index (χ3v) is 7.26. The van der Waals surface area contributed by atoms with Crippen molar-refractivity contribution in [2.75, 3.05) is 42.8 Å². The van der Waals surface area contributed by atoms with Gasteiger partial charge < -0.3 is 14.5 Å². The molecule has 2 aromatic heterocycles. The lowest BCUT2D eigenvalue weighted by Crippen LogP contribution is -2.44. The van der Waals surface area contributed by atoms with Gasteiger partial charge in [0, 0.05) is 39.4 Å². The second kappa shape index (κ2) is 9.92. The minimum Gasteiger partial charge on any atom is -0.436 e. The van der Waals surface area contributed by atoms with Crippen LogP contribution < -0.4 is 14.4 Å². The maximum absolute atomic E-state index is 13.8. The highest BCUT2D eigenvalue weighted by molar-refractivity contribution is 7.92. The van der Waals surface area contributed by atoms with E-state index in [2.05, 4.69) is 20.0 Å². The molecule has 0 unspecified atom stereocenters. The summed E-state index contributed by atoms with van der Waals surface area (Å²) in [7, 11) is -0.793. The fourth-order valence-corrected chi connectivity index (χ4v) is 4.94. The third-order valence-electron chi connectivity index (χ3n) is 5.33. The summed E-state index contributed by atoms with van der Waals surface area (Å²) < 4.78 is 75.4. The fraction of sp³-hybridized carbons (Fsp3) is 0.350. The zero-order chi connectivity index (χ0) is 26.3. The third kappa shape index (κ3) is 5.61. The van der Waals surface area contributed by atoms with Gasteiger partial charge in [0.15, 0.2) is 10.7 Å². The number of nitrogens with zero attached hydrogens (tertiary/aromatic N) is 6. The average Bonchev–Trinajstić information content (AvgIpc) is 3.22. The molecule has 0 aliphatic carbocycles. The summed E-state index contributed by atoms with van der Waals surface area (Å²) in [4.78, 5) is 11.0. The number of piperazine rings is 1. The maximum atomic E-state index is 13.8. The van der Waals surface area contributed by atoms with E-state index in [1.807, 2.05) is 16.7 Å². The van der Waals surface area contributed by atoms with Crippen molar-refractivity contribution in [3.8, 4) is 11.6 Å². The second-order valence-electron chi connectivity index (χ2n) is 7.95. The molecule has 1 aromatic carbocycles. The number of likely N-dealkylation sites (N-methyl/N-ethyl adjacent to an activating group) is 1. The van der Waals surface area contributed by atoms with E-state index in [9.17, 15) is 21.6 Å². The highest BCUT2D eigenvalue weighted by Crippen LogP contribution is 2.44. The van der Waals surface area contributed by atoms with Gasteiger partial charge in [-0.1, -0.05) is 29.3 Å². The quantitative estimate of drug-likeness (QED) is 0.449. The van der Waals surface area contributed by atoms with Crippen LogP contribution >= 0.6 is 23.2 Å². The van der Waals surface area contributed by atoms with Gasteiger partial charge in [0.2, 0.25) is 11.8 Å². The lowest BCUT2D eigenvalue weighted by Gasteiger charge is -2.34. The highest BCUT2D eigenvalue weighted by atomic mass is 35.5. The van der Waals surface area contributed by atoms with Gasteiger partial charge in [0.25, 0.3) is 10.0 Å². The molecule has 16 heteroatoms. The molecule has 1 aliphatic heterocycles. The monoisotopic (exact) mass is 565 g/mol. The number of aromatic nitrogens is 4. The van der Waals surface area contributed by atoms with Gasteiger partial charge in [0.1, 0.15) is 15.7 Å². The Balaban J connectivity index is 1.71. The Morgan fingerprint density at radius 2 is 1.78 bits per heavy atom. The van der Waals surface area contributed by atoms with Gasteiger partial charge >= 0.3 is 6.18 Å². The summed E-state index contributed by atoms with van der Waals surface area (Å²) in [5, 5.41) is 2.78. The van der Waals surface area contributed by atoms with Crippen LogP contribution in [0.5, 0.6) is 11.6 Å². The smallest absolute Gasteiger partial charge is 0.424 e. The van der Waals surface area contributed by atoms with Gasteiger partial charge in [-0.3, -0.25) is 4.68 Å². The van der Waals surface area contributed by atoms with Crippen LogP contribution in [0.3, 0.4) is 0 Å². The van der Waals surface area contributed by atoms with E-state index in [0.29, 0.717) is 18.8 Å². The van der Waals surface area contributed by atoms with Crippen LogP contribution in [0.25, 0.3) is 0 Å². The van der Waals surface area contributed by atoms with Crippen LogP contribution in [-0.2, 0) is 23.2 Å². The summed E-state index contributed by atoms with van der Waals surface area (Å²) in [5.41, 5.74) is -0.900. The van der Waals surface area contributed by atoms with Gasteiger partial charge in [-0.05, 0) is 19.2 Å². The van der Waals surface area contributed by atoms with E-state index in [0.717, 1.165) is 19.3 Å². The average molecular weight is 566 g/mol. The van der Waals surface area contributed by atoms with Crippen molar-refractivity contribution in [2.45, 2.75) is 11.1 Å². The number of alkyl halides is 3. The minimum atomic E-state index is -5.01. The molecule has 0 radical (unpaired) electrons. The lowest BCUT2D eigenvalue weighted by molar-refractivity contribution is -0.139. The number of hydrogen-bond acceptors (Lipinski definition) is 8. The van der Waals surface area contributed by atoms with Crippen molar-refractivity contribution >= 4 is 44.9 Å². The van der Waals surface area contributed by atoms with Crippen LogP contribution in [-0.4, -0.2) is 66.3 Å². The molecule has 3 aromatic rings. The molecular formula is C20H20Cl2F3N7O3S. The topological polar surface area (TPSA) is 105 Å². The summed E-state index contributed by atoms with van der Waals surface area (Å²) in [6, 6.07) is 4.68. The molecule has 4 rings (SSSR count). The van der Waals surface area contributed by atoms with E-state index in [1.54, 1.807) is 12.1 Å². The number of anilines is 2. The first-order valence-corrected chi connectivity index (χ1v) is 12.6. The maximum Gasteiger partial charge on any atom is 0.424 e. The molecule has 0 atom stereocenters. The van der Waals surface area contributed by atoms with Crippen LogP contribution in [0.2, 0.25) is 10.2 Å². The first-order valence-electron chi connectivity index (χ1n) is 10.4. The molecule has 0 amide bonds. The van der Waals surface area contributed by atoms with Crippen molar-refractivity contribution in [1.82, 2.24) is 24.6 Å². The zero-order valence-corrected chi connectivity index (χ0v) is 21.2. The first kappa shape index (κ1) is 26.3. The largest absolute Gasteiger partial charge is 0.436 e. The zero-order valence-electron chi connectivity index (χ0n) is 18.9. The van der Waals surface area contributed by atoms with Crippen molar-refractivity contribution in [3.05, 3.63) is 46.3 Å². The normalized spacial score (nSPS) is 15.2. The standard InChI is InChI=1S/C20H20Cl2F3N7O3S/c1-30-6-8-32(9-7-30)13-4-3-5-14(16(13)21)35-18-15(20(23,24)25)17(22)27-19(28-18)29-36(33,34)12-10-26-31(2)11-12/h3-5,10-11H,6-9H2,1-2H3,(H,27,28,29). The predicted molar refractivity (Wildman–Crippen MR) is 127 cm³/mol. The second-order valence-corrected chi connectivity index (χ2v) is 10.4. The molecular weight excluding hydrogens is 546 g/mol. The molecule has 0 saturated carbocycles. The number of hydrogen-bond donors (Lipinski definition) is 1. The van der Waals surface area contributed by atoms with Crippen molar-refractivity contribution < 1.29 is 26.3 Å². The van der Waals surface area contributed by atoms with Crippen molar-refractivity contribution in [2.24, 2.45) is 7.05 Å². The predicted octanol–water partition coefficient (Wildman–Crippen LogP) is 3.88. The summed E-state index contributed by atoms with van der Waals surface area (Å²) in [5.74, 6) is -1.85. The Morgan fingerprint density at radius 3 is 2.39 bits per heavy atom. The molecule has 1 saturated heterocycles. The van der Waals surface area contributed by atoms with E-state index < -0.39 is 38.7 Å². The SMILES string of the molecule is CN1CCN(c2cccc(Oc3nc(NS(=O)(=O)c4cnn(C)c4)nc(Cl)c3C(F)(F)F)c2Cl)CC1. The van der Waals surface area contributed by atoms with Crippen LogP contribution in [0.15, 0.2) is 35.5 Å². The number of nitrogens with one attached hydrogen (secondary N) is 1. The van der Waals surface area contributed by atoms with E-state index in [1.165, 1.54) is 24.0 Å². The van der Waals surface area contributed by atoms with Gasteiger partial charge in [-0.15, -0.1) is 0 Å². The Bertz CT molecular complexity index is 1380. The molecule has 10 nitrogen and oxygen atoms in total. The molecule has 3 heterocycles. The Kier molecular flexibility index (Phi) is 7.23. The number of halogens is 5. The summed E-state index contributed by atoms with van der Waals surface area (Å²) in [6.45, 7) is 2.88. The number of aryl methyl sites for hydroxylation is 1. The number of sulfonamides is 1. The number of benzene rings is 1. The van der Waals surface area contributed by atoms with Crippen LogP contribution in [0, 0.1) is 0 Å². The molecule has 1 N–H and O–H groups in total. The summed E-state index contributed by atoms with van der Waals surface area (Å²) >= 11 is 12.3. The van der Waals surface area contributed by atoms with Gasteiger partial charge in [0.05, 0.1) is 11.9 Å². The van der Waals surface area contributed by atoms with Crippen molar-refractivity contribution in [1.29, 1.82) is 0 Å². The highest BCUT2D eigenvalue weighted by Gasteiger charge is 2.40. The summed E-state index contributed by atoms with van der Waals surface area (Å²) in [6.07, 6.45) is -2.77. The fourth-order valence-electron chi connectivity index (χ4n) is 3.46. The van der Waals surface area contributed by atoms with Gasteiger partial charge in [-0.25, -0.2) is 13.1 Å². The number of rotatable bonds is 6. The van der Waals surface area contributed by atoms with Crippen LogP contribution in [0.1, 0.15) is 5.56 Å². The van der Waals surface area contributed by atoms with Gasteiger partial charge in [-0.2, -0.15) is 28.2 Å². The van der Waals surface area contributed by atoms with Crippen LogP contribution in [0.4, 0.5) is 24.8 Å². The molecule has 1 aliphatic rings. The molecule has 36 heavy (non-hydrogen) atoms. The Morgan fingerprint density at radius 1 is 1.08 bits per heavy atom. The molecule has 0 bridgehead atoms.